The lowest BCUT2D eigenvalue weighted by atomic mass is 9.97. The van der Waals surface area contributed by atoms with Gasteiger partial charge in [0.2, 0.25) is 35.4 Å². The Morgan fingerprint density at radius 3 is 1.72 bits per heavy atom. The van der Waals surface area contributed by atoms with Crippen molar-refractivity contribution in [3.05, 3.63) is 0 Å². The molecule has 284 valence electrons. The summed E-state index contributed by atoms with van der Waals surface area (Å²) in [6.45, 7) is 6.60. The van der Waals surface area contributed by atoms with Crippen LogP contribution >= 0.6 is 0 Å². The highest BCUT2D eigenvalue weighted by Gasteiger charge is 2.33. The molecule has 0 heterocycles. The van der Waals surface area contributed by atoms with E-state index in [2.05, 4.69) is 36.9 Å². The van der Waals surface area contributed by atoms with Crippen molar-refractivity contribution in [2.24, 2.45) is 28.1 Å². The highest BCUT2D eigenvalue weighted by molar-refractivity contribution is 5.97. The number of carboxylic acids is 2. The number of aliphatic hydroxyl groups excluding tert-OH is 1. The Hall–Kier alpha value is -5.05. The fourth-order valence-electron chi connectivity index (χ4n) is 4.11. The number of nitrogens with one attached hydrogen (secondary N) is 6. The minimum atomic E-state index is -1.52. The molecule has 50 heavy (non-hydrogen) atoms. The molecule has 0 rings (SSSR count). The third kappa shape index (κ3) is 17.4. The molecular weight excluding hydrogens is 664 g/mol. The van der Waals surface area contributed by atoms with Crippen LogP contribution in [0.2, 0.25) is 0 Å². The molecular formula is C29H52N10O11. The molecule has 21 heteroatoms. The van der Waals surface area contributed by atoms with Crippen molar-refractivity contribution in [2.75, 3.05) is 13.1 Å². The lowest BCUT2D eigenvalue weighted by Gasteiger charge is -2.28. The van der Waals surface area contributed by atoms with Crippen LogP contribution < -0.4 is 49.1 Å². The van der Waals surface area contributed by atoms with Crippen LogP contribution in [-0.2, 0) is 38.4 Å². The van der Waals surface area contributed by atoms with Crippen molar-refractivity contribution in [3.63, 3.8) is 0 Å². The van der Waals surface area contributed by atoms with Crippen LogP contribution in [0.4, 0.5) is 0 Å². The van der Waals surface area contributed by atoms with Crippen molar-refractivity contribution >= 4 is 53.3 Å². The molecule has 0 unspecified atom stereocenters. The first-order valence-corrected chi connectivity index (χ1v) is 15.9. The lowest BCUT2D eigenvalue weighted by molar-refractivity contribution is -0.139. The molecule has 21 nitrogen and oxygen atoms in total. The summed E-state index contributed by atoms with van der Waals surface area (Å²) in [5.74, 6) is -8.47. The normalized spacial score (nSPS) is 15.6. The molecule has 15 N–H and O–H groups in total. The van der Waals surface area contributed by atoms with Crippen LogP contribution in [0.3, 0.4) is 0 Å². The van der Waals surface area contributed by atoms with Crippen LogP contribution in [-0.4, -0.2) is 124 Å². The highest BCUT2D eigenvalue weighted by atomic mass is 16.4. The largest absolute Gasteiger partial charge is 0.481 e. The van der Waals surface area contributed by atoms with Crippen molar-refractivity contribution in [2.45, 2.75) is 109 Å². The Labute approximate surface area is 289 Å². The van der Waals surface area contributed by atoms with E-state index in [1.165, 1.54) is 20.8 Å². The van der Waals surface area contributed by atoms with Crippen molar-refractivity contribution in [1.82, 2.24) is 31.9 Å². The zero-order chi connectivity index (χ0) is 38.7. The second-order valence-corrected chi connectivity index (χ2v) is 11.7. The third-order valence-corrected chi connectivity index (χ3v) is 7.39. The minimum absolute atomic E-state index is 0.0545. The summed E-state index contributed by atoms with van der Waals surface area (Å²) in [7, 11) is 0. The van der Waals surface area contributed by atoms with E-state index in [-0.39, 0.29) is 25.3 Å². The minimum Gasteiger partial charge on any atom is -0.481 e. The van der Waals surface area contributed by atoms with Gasteiger partial charge < -0.3 is 64.4 Å². The van der Waals surface area contributed by atoms with E-state index < -0.39 is 115 Å². The topological polar surface area (TPSA) is 360 Å². The van der Waals surface area contributed by atoms with Gasteiger partial charge in [0.15, 0.2) is 5.96 Å². The van der Waals surface area contributed by atoms with Crippen LogP contribution in [0.15, 0.2) is 4.99 Å². The number of aliphatic imine (C=N–C) groups is 1. The highest BCUT2D eigenvalue weighted by Crippen LogP contribution is 2.11. The molecule has 6 amide bonds. The summed E-state index contributed by atoms with van der Waals surface area (Å²) in [6.07, 6.45) is -1.77. The van der Waals surface area contributed by atoms with Gasteiger partial charge in [-0.25, -0.2) is 0 Å². The van der Waals surface area contributed by atoms with Crippen LogP contribution in [0, 0.1) is 5.92 Å². The summed E-state index contributed by atoms with van der Waals surface area (Å²) < 4.78 is 0. The van der Waals surface area contributed by atoms with Crippen molar-refractivity contribution in [3.8, 4) is 0 Å². The molecule has 0 fully saturated rings. The zero-order valence-corrected chi connectivity index (χ0v) is 28.9. The number of guanidine groups is 1. The molecule has 0 aromatic rings. The lowest BCUT2D eigenvalue weighted by Crippen LogP contribution is -2.60. The van der Waals surface area contributed by atoms with Gasteiger partial charge in [0.1, 0.15) is 42.8 Å². The van der Waals surface area contributed by atoms with Crippen molar-refractivity contribution < 1.29 is 53.7 Å². The second kappa shape index (κ2) is 22.6. The van der Waals surface area contributed by atoms with E-state index in [0.717, 1.165) is 0 Å². The quantitative estimate of drug-likeness (QED) is 0.0269. The van der Waals surface area contributed by atoms with E-state index in [1.54, 1.807) is 13.8 Å². The van der Waals surface area contributed by atoms with Gasteiger partial charge in [-0.3, -0.25) is 43.3 Å². The molecule has 8 atom stereocenters. The molecule has 0 aromatic carbocycles. The van der Waals surface area contributed by atoms with Gasteiger partial charge in [-0.2, -0.15) is 0 Å². The Kier molecular flexibility index (Phi) is 20.3. The first-order chi connectivity index (χ1) is 23.2. The molecule has 0 aliphatic rings. The Morgan fingerprint density at radius 2 is 1.20 bits per heavy atom. The maximum Gasteiger partial charge on any atom is 0.322 e. The summed E-state index contributed by atoms with van der Waals surface area (Å²) in [5, 5.41) is 41.8. The van der Waals surface area contributed by atoms with E-state index in [4.69, 9.17) is 22.3 Å². The number of rotatable bonds is 23. The van der Waals surface area contributed by atoms with Gasteiger partial charge in [-0.1, -0.05) is 20.3 Å². The van der Waals surface area contributed by atoms with Gasteiger partial charge in [0.25, 0.3) is 0 Å². The molecule has 0 aliphatic heterocycles. The van der Waals surface area contributed by atoms with Gasteiger partial charge in [-0.15, -0.1) is 0 Å². The molecule has 0 saturated carbocycles. The fourth-order valence-corrected chi connectivity index (χ4v) is 4.11. The zero-order valence-electron chi connectivity index (χ0n) is 28.9. The maximum atomic E-state index is 13.5. The van der Waals surface area contributed by atoms with Gasteiger partial charge >= 0.3 is 11.9 Å². The summed E-state index contributed by atoms with van der Waals surface area (Å²) in [5.41, 5.74) is 16.3. The molecule has 0 aliphatic carbocycles. The predicted molar refractivity (Wildman–Crippen MR) is 178 cm³/mol. The van der Waals surface area contributed by atoms with E-state index >= 15 is 0 Å². The number of nitrogens with two attached hydrogens (primary N) is 3. The van der Waals surface area contributed by atoms with Crippen LogP contribution in [0.5, 0.6) is 0 Å². The second-order valence-electron chi connectivity index (χ2n) is 11.7. The van der Waals surface area contributed by atoms with Crippen molar-refractivity contribution in [1.29, 1.82) is 0 Å². The number of carboxylic acid groups (broad SMARTS) is 2. The van der Waals surface area contributed by atoms with E-state index in [0.29, 0.717) is 6.42 Å². The maximum absolute atomic E-state index is 13.5. The third-order valence-electron chi connectivity index (χ3n) is 7.39. The standard InChI is InChI=1S/C29H52N10O11/c1-6-13(2)22(28(50)36-14(3)23(45)34-12-20(43)44)39-26(48)18(9-10-19(41)42)38-25(47)17(8-7-11-33-29(31)32)37-24(46)15(4)35-27(49)21(30)16(5)40/h13-18,21-22,40H,6-12,30H2,1-5H3,(H,34,45)(H,35,49)(H,36,50)(H,37,46)(H,38,47)(H,39,48)(H,41,42)(H,43,44)(H4,31,32,33)/t13-,14-,15-,16+,17-,18-,21-,22-/m0/s1. The summed E-state index contributed by atoms with van der Waals surface area (Å²) in [6, 6.07) is -7.89. The van der Waals surface area contributed by atoms with Crippen LogP contribution in [0.25, 0.3) is 0 Å². The number of aliphatic carboxylic acids is 2. The first-order valence-electron chi connectivity index (χ1n) is 15.9. The van der Waals surface area contributed by atoms with E-state index in [1.807, 2.05) is 0 Å². The predicted octanol–water partition coefficient (Wildman–Crippen LogP) is -4.68. The Bertz CT molecular complexity index is 1240. The number of hydrogen-bond donors (Lipinski definition) is 12. The average Bonchev–Trinajstić information content (AvgIpc) is 3.03. The van der Waals surface area contributed by atoms with Gasteiger partial charge in [0.05, 0.1) is 6.10 Å². The smallest absolute Gasteiger partial charge is 0.322 e. The number of amides is 6. The fraction of sp³-hybridized carbons (Fsp3) is 0.690. The summed E-state index contributed by atoms with van der Waals surface area (Å²) in [4.78, 5) is 104. The summed E-state index contributed by atoms with van der Waals surface area (Å²) >= 11 is 0. The number of nitrogens with zero attached hydrogens (tertiary/aromatic N) is 1. The van der Waals surface area contributed by atoms with E-state index in [9.17, 15) is 48.6 Å². The number of carbonyl (C=O) groups excluding carboxylic acids is 6. The Balaban J connectivity index is 6.11. The molecule has 0 spiro atoms. The Morgan fingerprint density at radius 1 is 0.680 bits per heavy atom. The van der Waals surface area contributed by atoms with Crippen LogP contribution in [0.1, 0.15) is 66.7 Å². The number of aliphatic hydroxyl groups is 1. The molecule has 0 aromatic heterocycles. The monoisotopic (exact) mass is 716 g/mol. The molecule has 0 radical (unpaired) electrons. The first kappa shape index (κ1) is 44.9. The SMILES string of the molecule is CC[C@H](C)[C@H](NC(=O)[C@H](CCC(=O)O)NC(=O)[C@H](CCCN=C(N)N)NC(=O)[C@H](C)NC(=O)[C@@H](N)[C@@H](C)O)C(=O)N[C@@H](C)C(=O)NCC(=O)O. The van der Waals surface area contributed by atoms with Gasteiger partial charge in [-0.05, 0) is 46.0 Å². The molecule has 0 bridgehead atoms. The number of carbonyl (C=O) groups is 8. The molecule has 0 saturated heterocycles. The number of hydrogen-bond acceptors (Lipinski definition) is 11. The van der Waals surface area contributed by atoms with Gasteiger partial charge in [0, 0.05) is 13.0 Å². The average molecular weight is 717 g/mol.